The monoisotopic (exact) mass is 511 g/mol. The van der Waals surface area contributed by atoms with Crippen molar-refractivity contribution in [2.24, 2.45) is 5.92 Å². The standard InChI is InChI=1S/C24H29ClF3N5S/c1-16-5-4-12-33(14-16)20-13-19(24(26,27)28)30-21(31-20)32-22(34)29-15-23(10-2-3-11-23)17-6-8-18(25)9-7-17/h6-9,13,16H,2-5,10-12,14-15H2,1H3,(H2,29,30,31,32,34). The van der Waals surface area contributed by atoms with Crippen molar-refractivity contribution in [3.8, 4) is 0 Å². The molecule has 2 aliphatic rings. The zero-order valence-corrected chi connectivity index (χ0v) is 20.7. The highest BCUT2D eigenvalue weighted by Crippen LogP contribution is 2.41. The normalized spacial score (nSPS) is 20.3. The lowest BCUT2D eigenvalue weighted by molar-refractivity contribution is -0.141. The number of nitrogens with one attached hydrogen (secondary N) is 2. The van der Waals surface area contributed by atoms with Crippen molar-refractivity contribution >= 4 is 40.7 Å². The molecule has 0 bridgehead atoms. The average Bonchev–Trinajstić information content (AvgIpc) is 3.27. The first-order valence-corrected chi connectivity index (χ1v) is 12.5. The van der Waals surface area contributed by atoms with E-state index in [1.165, 1.54) is 5.56 Å². The quantitative estimate of drug-likeness (QED) is 0.467. The highest BCUT2D eigenvalue weighted by molar-refractivity contribution is 7.80. The highest BCUT2D eigenvalue weighted by atomic mass is 35.5. The Morgan fingerprint density at radius 2 is 1.88 bits per heavy atom. The first kappa shape index (κ1) is 25.0. The van der Waals surface area contributed by atoms with E-state index in [2.05, 4.69) is 27.5 Å². The summed E-state index contributed by atoms with van der Waals surface area (Å²) in [5.74, 6) is 0.521. The van der Waals surface area contributed by atoms with Crippen molar-refractivity contribution in [3.05, 3.63) is 46.6 Å². The van der Waals surface area contributed by atoms with E-state index in [9.17, 15) is 13.2 Å². The fourth-order valence-corrected chi connectivity index (χ4v) is 5.30. The van der Waals surface area contributed by atoms with Crippen molar-refractivity contribution in [2.45, 2.75) is 57.0 Å². The molecular formula is C24H29ClF3N5S. The van der Waals surface area contributed by atoms with Crippen LogP contribution in [0.3, 0.4) is 0 Å². The zero-order chi connectivity index (χ0) is 24.3. The van der Waals surface area contributed by atoms with Gasteiger partial charge in [0.1, 0.15) is 5.82 Å². The Morgan fingerprint density at radius 1 is 1.18 bits per heavy atom. The molecule has 2 aromatic rings. The molecular weight excluding hydrogens is 483 g/mol. The molecule has 0 radical (unpaired) electrons. The largest absolute Gasteiger partial charge is 0.433 e. The minimum atomic E-state index is -4.58. The second kappa shape index (κ2) is 10.2. The summed E-state index contributed by atoms with van der Waals surface area (Å²) in [5, 5.41) is 6.89. The second-order valence-electron chi connectivity index (χ2n) is 9.43. The summed E-state index contributed by atoms with van der Waals surface area (Å²) in [6.45, 7) is 4.00. The lowest BCUT2D eigenvalue weighted by Gasteiger charge is -2.32. The summed E-state index contributed by atoms with van der Waals surface area (Å²) in [6.07, 6.45) is 1.62. The molecule has 10 heteroatoms. The number of thiocarbonyl (C=S) groups is 1. The van der Waals surface area contributed by atoms with E-state index in [0.717, 1.165) is 44.6 Å². The summed E-state index contributed by atoms with van der Waals surface area (Å²) in [7, 11) is 0. The molecule has 1 aliphatic heterocycles. The molecule has 5 nitrogen and oxygen atoms in total. The maximum Gasteiger partial charge on any atom is 0.433 e. The molecule has 2 N–H and O–H groups in total. The first-order valence-electron chi connectivity index (χ1n) is 11.7. The van der Waals surface area contributed by atoms with E-state index in [-0.39, 0.29) is 22.3 Å². The van der Waals surface area contributed by atoms with Gasteiger partial charge in [-0.2, -0.15) is 18.2 Å². The molecule has 1 atom stereocenters. The number of benzene rings is 1. The van der Waals surface area contributed by atoms with E-state index >= 15 is 0 Å². The van der Waals surface area contributed by atoms with Gasteiger partial charge in [-0.3, -0.25) is 0 Å². The van der Waals surface area contributed by atoms with Crippen molar-refractivity contribution in [1.82, 2.24) is 15.3 Å². The van der Waals surface area contributed by atoms with Crippen LogP contribution in [0.4, 0.5) is 24.9 Å². The predicted octanol–water partition coefficient (Wildman–Crippen LogP) is 6.18. The van der Waals surface area contributed by atoms with Gasteiger partial charge < -0.3 is 15.5 Å². The third-order valence-electron chi connectivity index (χ3n) is 6.81. The van der Waals surface area contributed by atoms with Gasteiger partial charge in [-0.25, -0.2) is 4.98 Å². The molecule has 0 amide bonds. The molecule has 1 unspecified atom stereocenters. The van der Waals surface area contributed by atoms with Crippen LogP contribution in [0, 0.1) is 5.92 Å². The fourth-order valence-electron chi connectivity index (χ4n) is 5.01. The van der Waals surface area contributed by atoms with Gasteiger partial charge in [-0.05, 0) is 61.5 Å². The third kappa shape index (κ3) is 5.92. The summed E-state index contributed by atoms with van der Waals surface area (Å²) in [5.41, 5.74) is 0.107. The maximum atomic E-state index is 13.6. The number of anilines is 2. The van der Waals surface area contributed by atoms with Crippen molar-refractivity contribution in [2.75, 3.05) is 29.9 Å². The maximum absolute atomic E-state index is 13.6. The van der Waals surface area contributed by atoms with E-state index in [0.29, 0.717) is 30.6 Å². The smallest absolute Gasteiger partial charge is 0.361 e. The fraction of sp³-hybridized carbons (Fsp3) is 0.542. The van der Waals surface area contributed by atoms with Crippen LogP contribution in [0.2, 0.25) is 5.02 Å². The third-order valence-corrected chi connectivity index (χ3v) is 7.31. The van der Waals surface area contributed by atoms with Crippen LogP contribution in [0.25, 0.3) is 0 Å². The molecule has 184 valence electrons. The molecule has 0 spiro atoms. The van der Waals surface area contributed by atoms with Gasteiger partial charge in [0.15, 0.2) is 10.8 Å². The summed E-state index contributed by atoms with van der Waals surface area (Å²) in [6, 6.07) is 8.86. The Labute approximate surface area is 208 Å². The Balaban J connectivity index is 1.49. The van der Waals surface area contributed by atoms with Crippen molar-refractivity contribution in [1.29, 1.82) is 0 Å². The molecule has 1 saturated carbocycles. The van der Waals surface area contributed by atoms with E-state index in [1.807, 2.05) is 29.2 Å². The van der Waals surface area contributed by atoms with Gasteiger partial charge >= 0.3 is 6.18 Å². The van der Waals surface area contributed by atoms with Crippen LogP contribution >= 0.6 is 23.8 Å². The van der Waals surface area contributed by atoms with E-state index in [4.69, 9.17) is 23.8 Å². The number of piperidine rings is 1. The zero-order valence-electron chi connectivity index (χ0n) is 19.1. The molecule has 34 heavy (non-hydrogen) atoms. The Hall–Kier alpha value is -2.13. The van der Waals surface area contributed by atoms with Crippen LogP contribution in [-0.2, 0) is 11.6 Å². The lowest BCUT2D eigenvalue weighted by Crippen LogP contribution is -2.41. The second-order valence-corrected chi connectivity index (χ2v) is 10.3. The van der Waals surface area contributed by atoms with Crippen molar-refractivity contribution < 1.29 is 13.2 Å². The van der Waals surface area contributed by atoms with Gasteiger partial charge in [0.2, 0.25) is 5.95 Å². The Bertz CT molecular complexity index is 1010. The summed E-state index contributed by atoms with van der Waals surface area (Å²) in [4.78, 5) is 9.97. The Kier molecular flexibility index (Phi) is 7.52. The van der Waals surface area contributed by atoms with Crippen LogP contribution in [0.15, 0.2) is 30.3 Å². The average molecular weight is 512 g/mol. The van der Waals surface area contributed by atoms with Gasteiger partial charge in [0.05, 0.1) is 0 Å². The van der Waals surface area contributed by atoms with E-state index in [1.54, 1.807) is 0 Å². The number of hydrogen-bond acceptors (Lipinski definition) is 4. The van der Waals surface area contributed by atoms with Crippen LogP contribution in [0.5, 0.6) is 0 Å². The van der Waals surface area contributed by atoms with Crippen molar-refractivity contribution in [3.63, 3.8) is 0 Å². The SMILES string of the molecule is CC1CCCN(c2cc(C(F)(F)F)nc(NC(=S)NCC3(c4ccc(Cl)cc4)CCCC3)n2)C1. The lowest BCUT2D eigenvalue weighted by atomic mass is 9.79. The number of alkyl halides is 3. The number of nitrogens with zero attached hydrogens (tertiary/aromatic N) is 3. The van der Waals surface area contributed by atoms with Gasteiger partial charge in [-0.1, -0.05) is 43.5 Å². The number of aromatic nitrogens is 2. The Morgan fingerprint density at radius 3 is 2.53 bits per heavy atom. The summed E-state index contributed by atoms with van der Waals surface area (Å²) >= 11 is 11.5. The van der Waals surface area contributed by atoms with E-state index < -0.39 is 11.9 Å². The number of rotatable bonds is 5. The van der Waals surface area contributed by atoms with Crippen LogP contribution in [0.1, 0.15) is 56.7 Å². The summed E-state index contributed by atoms with van der Waals surface area (Å²) < 4.78 is 40.7. The molecule has 1 saturated heterocycles. The highest BCUT2D eigenvalue weighted by Gasteiger charge is 2.36. The van der Waals surface area contributed by atoms with Gasteiger partial charge in [0.25, 0.3) is 0 Å². The number of halogens is 4. The van der Waals surface area contributed by atoms with Crippen LogP contribution < -0.4 is 15.5 Å². The minimum Gasteiger partial charge on any atom is -0.361 e. The van der Waals surface area contributed by atoms with Crippen LogP contribution in [-0.4, -0.2) is 34.7 Å². The molecule has 2 fully saturated rings. The molecule has 1 aromatic carbocycles. The molecule has 2 heterocycles. The van der Waals surface area contributed by atoms with Gasteiger partial charge in [0, 0.05) is 36.1 Å². The molecule has 1 aliphatic carbocycles. The molecule has 4 rings (SSSR count). The number of hydrogen-bond donors (Lipinski definition) is 2. The topological polar surface area (TPSA) is 53.1 Å². The predicted molar refractivity (Wildman–Crippen MR) is 133 cm³/mol. The van der Waals surface area contributed by atoms with Gasteiger partial charge in [-0.15, -0.1) is 0 Å². The first-order chi connectivity index (χ1) is 16.1. The molecule has 1 aromatic heterocycles. The minimum absolute atomic E-state index is 0.0971.